The van der Waals surface area contributed by atoms with Gasteiger partial charge in [-0.2, -0.15) is 5.10 Å². The summed E-state index contributed by atoms with van der Waals surface area (Å²) in [7, 11) is 3.80. The van der Waals surface area contributed by atoms with Crippen LogP contribution < -0.4 is 5.32 Å². The van der Waals surface area contributed by atoms with E-state index in [1.807, 2.05) is 24.8 Å². The molecular weight excluding hydrogens is 231 g/mol. The maximum atomic E-state index is 13.1. The highest BCUT2D eigenvalue weighted by atomic mass is 19.1. The van der Waals surface area contributed by atoms with Crippen LogP contribution in [0.2, 0.25) is 0 Å². The maximum absolute atomic E-state index is 13.1. The summed E-state index contributed by atoms with van der Waals surface area (Å²) in [6, 6.07) is 3.62. The first-order valence-corrected chi connectivity index (χ1v) is 5.95. The van der Waals surface area contributed by atoms with E-state index in [2.05, 4.69) is 15.4 Å². The van der Waals surface area contributed by atoms with Crippen molar-refractivity contribution < 1.29 is 4.39 Å². The molecule has 2 aromatic rings. The SMILES string of the molecule is CNC(CCc1ccnn1C)c1cncc(F)c1. The number of halogens is 1. The van der Waals surface area contributed by atoms with Gasteiger partial charge < -0.3 is 5.32 Å². The zero-order valence-corrected chi connectivity index (χ0v) is 10.6. The van der Waals surface area contributed by atoms with Crippen molar-refractivity contribution in [2.24, 2.45) is 7.05 Å². The highest BCUT2D eigenvalue weighted by Gasteiger charge is 2.11. The molecule has 0 aliphatic heterocycles. The second-order valence-corrected chi connectivity index (χ2v) is 4.26. The quantitative estimate of drug-likeness (QED) is 0.878. The van der Waals surface area contributed by atoms with Crippen molar-refractivity contribution in [3.63, 3.8) is 0 Å². The van der Waals surface area contributed by atoms with E-state index < -0.39 is 0 Å². The number of nitrogens with zero attached hydrogens (tertiary/aromatic N) is 3. The Morgan fingerprint density at radius 2 is 2.28 bits per heavy atom. The van der Waals surface area contributed by atoms with Gasteiger partial charge in [-0.25, -0.2) is 4.39 Å². The first kappa shape index (κ1) is 12.7. The molecule has 0 aromatic carbocycles. The predicted octanol–water partition coefficient (Wildman–Crippen LogP) is 1.85. The van der Waals surface area contributed by atoms with Gasteiger partial charge in [-0.15, -0.1) is 0 Å². The van der Waals surface area contributed by atoms with Gasteiger partial charge in [0.2, 0.25) is 0 Å². The van der Waals surface area contributed by atoms with Crippen LogP contribution in [0.15, 0.2) is 30.7 Å². The maximum Gasteiger partial charge on any atom is 0.141 e. The van der Waals surface area contributed by atoms with Crippen LogP contribution in [0.5, 0.6) is 0 Å². The third-order valence-electron chi connectivity index (χ3n) is 3.09. The van der Waals surface area contributed by atoms with Crippen LogP contribution in [0.4, 0.5) is 4.39 Å². The summed E-state index contributed by atoms with van der Waals surface area (Å²) >= 11 is 0. The molecule has 0 radical (unpaired) electrons. The van der Waals surface area contributed by atoms with E-state index in [1.165, 1.54) is 18.0 Å². The van der Waals surface area contributed by atoms with Crippen LogP contribution in [0.25, 0.3) is 0 Å². The van der Waals surface area contributed by atoms with Gasteiger partial charge in [0.05, 0.1) is 6.20 Å². The number of hydrogen-bond donors (Lipinski definition) is 1. The van der Waals surface area contributed by atoms with Gasteiger partial charge in [0.25, 0.3) is 0 Å². The molecule has 0 aliphatic rings. The number of rotatable bonds is 5. The number of aromatic nitrogens is 3. The minimum Gasteiger partial charge on any atom is -0.313 e. The second kappa shape index (κ2) is 5.73. The molecule has 0 saturated carbocycles. The van der Waals surface area contributed by atoms with Crippen LogP contribution in [-0.4, -0.2) is 21.8 Å². The average molecular weight is 248 g/mol. The Morgan fingerprint density at radius 1 is 1.44 bits per heavy atom. The summed E-state index contributed by atoms with van der Waals surface area (Å²) in [5, 5.41) is 7.32. The molecule has 96 valence electrons. The van der Waals surface area contributed by atoms with Crippen molar-refractivity contribution in [3.8, 4) is 0 Å². The zero-order valence-electron chi connectivity index (χ0n) is 10.6. The van der Waals surface area contributed by atoms with Crippen LogP contribution in [-0.2, 0) is 13.5 Å². The van der Waals surface area contributed by atoms with E-state index in [-0.39, 0.29) is 11.9 Å². The molecule has 4 nitrogen and oxygen atoms in total. The first-order valence-electron chi connectivity index (χ1n) is 5.95. The van der Waals surface area contributed by atoms with Crippen LogP contribution in [0, 0.1) is 5.82 Å². The van der Waals surface area contributed by atoms with Gasteiger partial charge in [-0.3, -0.25) is 9.67 Å². The average Bonchev–Trinajstić information content (AvgIpc) is 2.76. The van der Waals surface area contributed by atoms with Gasteiger partial charge >= 0.3 is 0 Å². The molecule has 1 atom stereocenters. The third-order valence-corrected chi connectivity index (χ3v) is 3.09. The standard InChI is InChI=1S/C13H17FN4/c1-15-13(10-7-11(14)9-16-8-10)4-3-12-5-6-17-18(12)2/h5-9,13,15H,3-4H2,1-2H3. The molecule has 1 unspecified atom stereocenters. The fourth-order valence-electron chi connectivity index (χ4n) is 2.04. The predicted molar refractivity (Wildman–Crippen MR) is 67.5 cm³/mol. The van der Waals surface area contributed by atoms with Crippen molar-refractivity contribution >= 4 is 0 Å². The van der Waals surface area contributed by atoms with E-state index in [0.29, 0.717) is 0 Å². The fourth-order valence-corrected chi connectivity index (χ4v) is 2.04. The molecule has 2 rings (SSSR count). The summed E-state index contributed by atoms with van der Waals surface area (Å²) < 4.78 is 15.0. The third kappa shape index (κ3) is 2.92. The molecule has 0 aliphatic carbocycles. The molecule has 18 heavy (non-hydrogen) atoms. The minimum absolute atomic E-state index is 0.100. The lowest BCUT2D eigenvalue weighted by Crippen LogP contribution is -2.18. The van der Waals surface area contributed by atoms with Gasteiger partial charge in [0.15, 0.2) is 0 Å². The van der Waals surface area contributed by atoms with Crippen LogP contribution in [0.3, 0.4) is 0 Å². The van der Waals surface area contributed by atoms with E-state index in [1.54, 1.807) is 12.4 Å². The molecule has 5 heteroatoms. The van der Waals surface area contributed by atoms with E-state index in [9.17, 15) is 4.39 Å². The van der Waals surface area contributed by atoms with E-state index in [0.717, 1.165) is 18.4 Å². The Bertz CT molecular complexity index is 509. The summed E-state index contributed by atoms with van der Waals surface area (Å²) in [5.41, 5.74) is 2.04. The highest BCUT2D eigenvalue weighted by Crippen LogP contribution is 2.18. The molecule has 0 amide bonds. The number of nitrogens with one attached hydrogen (secondary N) is 1. The molecule has 0 spiro atoms. The lowest BCUT2D eigenvalue weighted by atomic mass is 10.0. The Labute approximate surface area is 106 Å². The Kier molecular flexibility index (Phi) is 4.04. The van der Waals surface area contributed by atoms with Crippen molar-refractivity contribution in [2.45, 2.75) is 18.9 Å². The molecular formula is C13H17FN4. The fraction of sp³-hybridized carbons (Fsp3) is 0.385. The molecule has 2 heterocycles. The number of hydrogen-bond acceptors (Lipinski definition) is 3. The van der Waals surface area contributed by atoms with Gasteiger partial charge in [0, 0.05) is 31.2 Å². The molecule has 1 N–H and O–H groups in total. The minimum atomic E-state index is -0.298. The summed E-state index contributed by atoms with van der Waals surface area (Å²) in [5.74, 6) is -0.298. The van der Waals surface area contributed by atoms with E-state index >= 15 is 0 Å². The Hall–Kier alpha value is -1.75. The van der Waals surface area contributed by atoms with Crippen molar-refractivity contribution in [1.29, 1.82) is 0 Å². The molecule has 2 aromatic heterocycles. The second-order valence-electron chi connectivity index (χ2n) is 4.26. The van der Waals surface area contributed by atoms with Gasteiger partial charge in [-0.05, 0) is 37.6 Å². The van der Waals surface area contributed by atoms with Gasteiger partial charge in [0.1, 0.15) is 5.82 Å². The summed E-state index contributed by atoms with van der Waals surface area (Å²) in [6.07, 6.45) is 6.47. The first-order chi connectivity index (χ1) is 8.70. The van der Waals surface area contributed by atoms with Crippen LogP contribution in [0.1, 0.15) is 23.7 Å². The van der Waals surface area contributed by atoms with Crippen molar-refractivity contribution in [2.75, 3.05) is 7.05 Å². The normalized spacial score (nSPS) is 12.6. The largest absolute Gasteiger partial charge is 0.313 e. The van der Waals surface area contributed by atoms with E-state index in [4.69, 9.17) is 0 Å². The number of aryl methyl sites for hydroxylation is 2. The lowest BCUT2D eigenvalue weighted by molar-refractivity contribution is 0.527. The lowest BCUT2D eigenvalue weighted by Gasteiger charge is -2.16. The highest BCUT2D eigenvalue weighted by molar-refractivity contribution is 5.15. The molecule has 0 bridgehead atoms. The van der Waals surface area contributed by atoms with Gasteiger partial charge in [-0.1, -0.05) is 0 Å². The Balaban J connectivity index is 2.04. The van der Waals surface area contributed by atoms with Crippen LogP contribution >= 0.6 is 0 Å². The smallest absolute Gasteiger partial charge is 0.141 e. The zero-order chi connectivity index (χ0) is 13.0. The summed E-state index contributed by atoms with van der Waals surface area (Å²) in [6.45, 7) is 0. The monoisotopic (exact) mass is 248 g/mol. The Morgan fingerprint density at radius 3 is 2.89 bits per heavy atom. The number of pyridine rings is 1. The van der Waals surface area contributed by atoms with Crippen molar-refractivity contribution in [3.05, 3.63) is 47.8 Å². The molecule has 0 fully saturated rings. The summed E-state index contributed by atoms with van der Waals surface area (Å²) in [4.78, 5) is 3.88. The van der Waals surface area contributed by atoms with Crippen molar-refractivity contribution in [1.82, 2.24) is 20.1 Å². The topological polar surface area (TPSA) is 42.7 Å². The molecule has 0 saturated heterocycles.